The van der Waals surface area contributed by atoms with Crippen molar-refractivity contribution in [1.29, 1.82) is 0 Å². The van der Waals surface area contributed by atoms with Gasteiger partial charge < -0.3 is 0 Å². The summed E-state index contributed by atoms with van der Waals surface area (Å²) in [6.45, 7) is 0. The third-order valence-corrected chi connectivity index (χ3v) is 0. The molecule has 13 valence electrons. The van der Waals surface area contributed by atoms with Crippen molar-refractivity contribution >= 4 is 137 Å². The third-order valence-electron chi connectivity index (χ3n) is 0. The summed E-state index contributed by atoms with van der Waals surface area (Å²) in [5.74, 6) is 0. The van der Waals surface area contributed by atoms with Crippen molar-refractivity contribution < 1.29 is 0 Å². The maximum Gasteiger partial charge on any atom is 0 e. The van der Waals surface area contributed by atoms with Crippen LogP contribution in [0.3, 0.4) is 0 Å². The van der Waals surface area contributed by atoms with E-state index in [-0.39, 0.29) is 137 Å². The first-order chi connectivity index (χ1) is 0. The summed E-state index contributed by atoms with van der Waals surface area (Å²) >= 11 is 0. The van der Waals surface area contributed by atoms with Crippen molar-refractivity contribution in [3.05, 3.63) is 0 Å². The molecular formula is BiCaPbSr. The fourth-order valence-corrected chi connectivity index (χ4v) is 0. The molecule has 0 aromatic carbocycles. The van der Waals surface area contributed by atoms with Crippen LogP contribution in [0.15, 0.2) is 0 Å². The number of hydrogen-bond acceptors (Lipinski definition) is 0. The van der Waals surface area contributed by atoms with Gasteiger partial charge in [0.25, 0.3) is 0 Å². The molecule has 0 amide bonds. The Kier molecular flexibility index (Phi) is 92.1. The van der Waals surface area contributed by atoms with Gasteiger partial charge in [-0.1, -0.05) is 0 Å². The smallest absolute Gasteiger partial charge is 0 e. The minimum absolute atomic E-state index is 0. The van der Waals surface area contributed by atoms with E-state index in [1.807, 2.05) is 0 Å². The Bertz CT molecular complexity index is 8.00. The summed E-state index contributed by atoms with van der Waals surface area (Å²) in [7, 11) is 0. The number of hydrogen-bond donors (Lipinski definition) is 0. The van der Waals surface area contributed by atoms with E-state index < -0.39 is 0 Å². The fraction of sp³-hybridized carbons (Fsp3) is 0. The zero-order valence-electron chi connectivity index (χ0n) is 2.36. The normalized spacial score (nSPS) is 0. The summed E-state index contributed by atoms with van der Waals surface area (Å²) in [5.41, 5.74) is 0. The molecule has 4 heteroatoms. The molecule has 0 aromatic heterocycles. The predicted molar refractivity (Wildman–Crippen MR) is 23.0 cm³/mol. The van der Waals surface area contributed by atoms with Gasteiger partial charge >= 0.3 is 0 Å². The van der Waals surface area contributed by atoms with Crippen LogP contribution in [0.2, 0.25) is 0 Å². The van der Waals surface area contributed by atoms with Crippen molar-refractivity contribution in [3.63, 3.8) is 0 Å². The van der Waals surface area contributed by atoms with Crippen LogP contribution in [-0.4, -0.2) is 137 Å². The van der Waals surface area contributed by atoms with Gasteiger partial charge in [-0.15, -0.1) is 0 Å². The fourth-order valence-electron chi connectivity index (χ4n) is 0. The maximum atomic E-state index is 0. The van der Waals surface area contributed by atoms with Gasteiger partial charge in [0, 0.05) is 137 Å². The van der Waals surface area contributed by atoms with Gasteiger partial charge in [-0.25, -0.2) is 0 Å². The average molecular weight is 544 g/mol. The summed E-state index contributed by atoms with van der Waals surface area (Å²) < 4.78 is 0. The minimum Gasteiger partial charge on any atom is 0 e. The van der Waals surface area contributed by atoms with Crippen molar-refractivity contribution in [3.8, 4) is 0 Å². The molecule has 0 aliphatic carbocycles. The van der Waals surface area contributed by atoms with E-state index in [9.17, 15) is 0 Å². The molecule has 0 heterocycles. The van der Waals surface area contributed by atoms with Gasteiger partial charge in [-0.2, -0.15) is 0 Å². The predicted octanol–water partition coefficient (Wildman–Crippen LogP) is -1.52. The maximum absolute atomic E-state index is 0. The van der Waals surface area contributed by atoms with Gasteiger partial charge in [0.15, 0.2) is 0 Å². The minimum atomic E-state index is 0. The van der Waals surface area contributed by atoms with Crippen molar-refractivity contribution in [2.75, 3.05) is 0 Å². The van der Waals surface area contributed by atoms with Gasteiger partial charge in [0.1, 0.15) is 0 Å². The standard InChI is InChI=1S/Bi.Ca.Pb.Sr. The molecule has 0 N–H and O–H groups in total. The SMILES string of the molecule is [Bi].[Ca].[Pb].[Sr]. The summed E-state index contributed by atoms with van der Waals surface area (Å²) in [5, 5.41) is 0. The largest absolute Gasteiger partial charge is 0 e. The Hall–Kier alpha value is 4.55. The topological polar surface area (TPSA) is 0 Å². The summed E-state index contributed by atoms with van der Waals surface area (Å²) in [4.78, 5) is 0. The Morgan fingerprint density at radius 1 is 1.00 bits per heavy atom. The van der Waals surface area contributed by atoms with Crippen LogP contribution in [0.1, 0.15) is 0 Å². The first kappa shape index (κ1) is 23.5. The molecule has 0 bridgehead atoms. The van der Waals surface area contributed by atoms with Crippen LogP contribution >= 0.6 is 0 Å². The second kappa shape index (κ2) is 15.6. The second-order valence-electron chi connectivity index (χ2n) is 0. The summed E-state index contributed by atoms with van der Waals surface area (Å²) in [6.07, 6.45) is 0. The Morgan fingerprint density at radius 2 is 1.00 bits per heavy atom. The molecule has 0 nitrogen and oxygen atoms in total. The molecular weight excluding hydrogens is 544 g/mol. The van der Waals surface area contributed by atoms with E-state index >= 15 is 0 Å². The second-order valence-corrected chi connectivity index (χ2v) is 0. The van der Waals surface area contributed by atoms with Crippen LogP contribution in [0.5, 0.6) is 0 Å². The van der Waals surface area contributed by atoms with Gasteiger partial charge in [-0.05, 0) is 0 Å². The molecule has 0 spiro atoms. The molecule has 0 atom stereocenters. The van der Waals surface area contributed by atoms with E-state index in [1.165, 1.54) is 0 Å². The van der Waals surface area contributed by atoms with Crippen LogP contribution in [0.4, 0.5) is 0 Å². The monoisotopic (exact) mass is 545 g/mol. The van der Waals surface area contributed by atoms with Crippen molar-refractivity contribution in [2.24, 2.45) is 0 Å². The van der Waals surface area contributed by atoms with E-state index in [0.29, 0.717) is 0 Å². The molecule has 11 radical (unpaired) electrons. The molecule has 4 heavy (non-hydrogen) atoms. The zero-order chi connectivity index (χ0) is 0. The average Bonchev–Trinajstić information content (AvgIpc) is 0. The molecule has 0 unspecified atom stereocenters. The molecule has 0 aliphatic rings. The van der Waals surface area contributed by atoms with Crippen molar-refractivity contribution in [2.45, 2.75) is 0 Å². The van der Waals surface area contributed by atoms with Crippen LogP contribution < -0.4 is 0 Å². The van der Waals surface area contributed by atoms with E-state index in [0.717, 1.165) is 0 Å². The molecule has 0 aromatic rings. The quantitative estimate of drug-likeness (QED) is 0.326. The van der Waals surface area contributed by atoms with Crippen molar-refractivity contribution in [1.82, 2.24) is 0 Å². The van der Waals surface area contributed by atoms with Crippen LogP contribution in [0, 0.1) is 0 Å². The third kappa shape index (κ3) is 9.74. The summed E-state index contributed by atoms with van der Waals surface area (Å²) in [6, 6.07) is 0. The Morgan fingerprint density at radius 3 is 1.00 bits per heavy atom. The molecule has 0 saturated heterocycles. The Labute approximate surface area is 132 Å². The van der Waals surface area contributed by atoms with Crippen LogP contribution in [-0.2, 0) is 0 Å². The first-order valence-corrected chi connectivity index (χ1v) is 0. The molecule has 0 rings (SSSR count). The van der Waals surface area contributed by atoms with Crippen LogP contribution in [0.25, 0.3) is 0 Å². The Balaban J connectivity index is 0. The van der Waals surface area contributed by atoms with E-state index in [2.05, 4.69) is 0 Å². The number of rotatable bonds is 0. The first-order valence-electron chi connectivity index (χ1n) is 0. The van der Waals surface area contributed by atoms with Gasteiger partial charge in [0.05, 0.1) is 0 Å². The van der Waals surface area contributed by atoms with E-state index in [1.54, 1.807) is 0 Å². The zero-order valence-corrected chi connectivity index (χ0v) is 15.4. The molecule has 0 aliphatic heterocycles. The molecule has 0 fully saturated rings. The molecule has 0 saturated carbocycles. The van der Waals surface area contributed by atoms with E-state index in [4.69, 9.17) is 0 Å². The van der Waals surface area contributed by atoms with Gasteiger partial charge in [-0.3, -0.25) is 0 Å². The van der Waals surface area contributed by atoms with Gasteiger partial charge in [0.2, 0.25) is 0 Å².